The third-order valence-electron chi connectivity index (χ3n) is 4.27. The van der Waals surface area contributed by atoms with E-state index in [0.717, 1.165) is 27.1 Å². The van der Waals surface area contributed by atoms with Crippen LogP contribution in [0.25, 0.3) is 11.3 Å². The van der Waals surface area contributed by atoms with Gasteiger partial charge in [0.2, 0.25) is 11.8 Å². The Morgan fingerprint density at radius 3 is 2.41 bits per heavy atom. The number of thioether (sulfide) groups is 1. The Morgan fingerprint density at radius 2 is 1.75 bits per heavy atom. The van der Waals surface area contributed by atoms with E-state index in [1.807, 2.05) is 37.3 Å². The fourth-order valence-electron chi connectivity index (χ4n) is 2.69. The minimum atomic E-state index is -1.14. The van der Waals surface area contributed by atoms with E-state index < -0.39 is 11.9 Å². The summed E-state index contributed by atoms with van der Waals surface area (Å²) in [6.45, 7) is 3.33. The molecule has 0 saturated heterocycles. The van der Waals surface area contributed by atoms with Crippen molar-refractivity contribution < 1.29 is 19.5 Å². The van der Waals surface area contributed by atoms with Gasteiger partial charge in [-0.3, -0.25) is 9.59 Å². The van der Waals surface area contributed by atoms with Gasteiger partial charge in [-0.25, -0.2) is 9.78 Å². The first kappa shape index (κ1) is 23.2. The predicted molar refractivity (Wildman–Crippen MR) is 128 cm³/mol. The predicted octanol–water partition coefficient (Wildman–Crippen LogP) is 4.82. The van der Waals surface area contributed by atoms with Gasteiger partial charge in [-0.2, -0.15) is 0 Å². The van der Waals surface area contributed by atoms with Crippen LogP contribution in [-0.2, 0) is 14.4 Å². The van der Waals surface area contributed by atoms with Crippen molar-refractivity contribution in [3.8, 4) is 11.3 Å². The molecule has 3 aromatic rings. The molecule has 7 nitrogen and oxygen atoms in total. The largest absolute Gasteiger partial charge is 0.478 e. The average molecular weight is 468 g/mol. The molecule has 0 aliphatic rings. The van der Waals surface area contributed by atoms with Crippen LogP contribution in [0.15, 0.2) is 71.1 Å². The summed E-state index contributed by atoms with van der Waals surface area (Å²) in [7, 11) is 0. The van der Waals surface area contributed by atoms with Crippen molar-refractivity contribution >= 4 is 51.7 Å². The lowest BCUT2D eigenvalue weighted by molar-refractivity contribution is -0.132. The molecule has 0 atom stereocenters. The molecule has 32 heavy (non-hydrogen) atoms. The molecule has 0 unspecified atom stereocenters. The number of hydrogen-bond donors (Lipinski definition) is 3. The monoisotopic (exact) mass is 467 g/mol. The van der Waals surface area contributed by atoms with Crippen molar-refractivity contribution in [3.63, 3.8) is 0 Å². The van der Waals surface area contributed by atoms with Crippen molar-refractivity contribution in [2.75, 3.05) is 16.4 Å². The molecule has 9 heteroatoms. The number of anilines is 2. The third kappa shape index (κ3) is 6.53. The maximum Gasteiger partial charge on any atom is 0.331 e. The van der Waals surface area contributed by atoms with E-state index in [-0.39, 0.29) is 17.2 Å². The molecule has 0 bridgehead atoms. The van der Waals surface area contributed by atoms with Crippen molar-refractivity contribution in [1.29, 1.82) is 0 Å². The number of aryl methyl sites for hydroxylation is 1. The van der Waals surface area contributed by atoms with Gasteiger partial charge in [0, 0.05) is 32.7 Å². The van der Waals surface area contributed by atoms with Gasteiger partial charge in [0.1, 0.15) is 0 Å². The standard InChI is InChI=1S/C23H21N3O4S2/c1-14(22(29)30)12-19(27)24-17-8-10-18(11-9-17)31-13-20(28)25-23-26-21(15(2)32-23)16-6-4-3-5-7-16/h3-12H,13H2,1-2H3,(H,24,27)(H,29,30)(H,25,26,28). The summed E-state index contributed by atoms with van der Waals surface area (Å²) in [5.74, 6) is -1.60. The molecule has 3 N–H and O–H groups in total. The van der Waals surface area contributed by atoms with E-state index in [0.29, 0.717) is 10.8 Å². The Hall–Kier alpha value is -3.43. The number of thiazole rings is 1. The van der Waals surface area contributed by atoms with Gasteiger partial charge in [-0.15, -0.1) is 23.1 Å². The van der Waals surface area contributed by atoms with E-state index in [4.69, 9.17) is 5.11 Å². The first-order valence-electron chi connectivity index (χ1n) is 9.60. The first-order chi connectivity index (χ1) is 15.3. The summed E-state index contributed by atoms with van der Waals surface area (Å²) in [5.41, 5.74) is 2.36. The highest BCUT2D eigenvalue weighted by Crippen LogP contribution is 2.30. The second kappa shape index (κ2) is 10.7. The molecular weight excluding hydrogens is 446 g/mol. The molecule has 1 aromatic heterocycles. The van der Waals surface area contributed by atoms with E-state index in [2.05, 4.69) is 15.6 Å². The number of carboxylic acid groups (broad SMARTS) is 1. The second-order valence-corrected chi connectivity index (χ2v) is 9.02. The number of hydrogen-bond acceptors (Lipinski definition) is 6. The smallest absolute Gasteiger partial charge is 0.331 e. The second-order valence-electron chi connectivity index (χ2n) is 6.77. The number of carbonyl (C=O) groups is 3. The minimum absolute atomic E-state index is 0.0491. The summed E-state index contributed by atoms with van der Waals surface area (Å²) in [6.07, 6.45) is 1.03. The summed E-state index contributed by atoms with van der Waals surface area (Å²) in [5, 5.41) is 14.8. The zero-order chi connectivity index (χ0) is 23.1. The number of aromatic nitrogens is 1. The number of carbonyl (C=O) groups excluding carboxylic acids is 2. The Morgan fingerprint density at radius 1 is 1.06 bits per heavy atom. The molecule has 0 saturated carbocycles. The zero-order valence-electron chi connectivity index (χ0n) is 17.4. The minimum Gasteiger partial charge on any atom is -0.478 e. The molecule has 2 aromatic carbocycles. The molecule has 0 spiro atoms. The van der Waals surface area contributed by atoms with Crippen molar-refractivity contribution in [2.45, 2.75) is 18.7 Å². The fraction of sp³-hybridized carbons (Fsp3) is 0.130. The van der Waals surface area contributed by atoms with Crippen molar-refractivity contribution in [2.24, 2.45) is 0 Å². The highest BCUT2D eigenvalue weighted by molar-refractivity contribution is 8.00. The Labute approximate surface area is 193 Å². The summed E-state index contributed by atoms with van der Waals surface area (Å²) in [6, 6.07) is 16.8. The number of aliphatic carboxylic acids is 1. The highest BCUT2D eigenvalue weighted by atomic mass is 32.2. The van der Waals surface area contributed by atoms with Crippen LogP contribution in [0.3, 0.4) is 0 Å². The van der Waals surface area contributed by atoms with E-state index in [9.17, 15) is 14.4 Å². The Kier molecular flexibility index (Phi) is 7.80. The Bertz CT molecular complexity index is 1160. The van der Waals surface area contributed by atoms with Gasteiger partial charge >= 0.3 is 5.97 Å². The lowest BCUT2D eigenvalue weighted by Crippen LogP contribution is -2.13. The van der Waals surface area contributed by atoms with Crippen LogP contribution >= 0.6 is 23.1 Å². The maximum absolute atomic E-state index is 12.3. The molecule has 0 fully saturated rings. The van der Waals surface area contributed by atoms with Gasteiger partial charge in [0.05, 0.1) is 11.4 Å². The number of carboxylic acids is 1. The number of amides is 2. The average Bonchev–Trinajstić information content (AvgIpc) is 3.13. The van der Waals surface area contributed by atoms with Crippen LogP contribution in [0.1, 0.15) is 11.8 Å². The number of nitrogens with one attached hydrogen (secondary N) is 2. The SMILES string of the molecule is CC(=CC(=O)Nc1ccc(SCC(=O)Nc2nc(-c3ccccc3)c(C)s2)cc1)C(=O)O. The van der Waals surface area contributed by atoms with Crippen LogP contribution < -0.4 is 10.6 Å². The lowest BCUT2D eigenvalue weighted by Gasteiger charge is -2.05. The van der Waals surface area contributed by atoms with Gasteiger partial charge < -0.3 is 15.7 Å². The number of nitrogens with zero attached hydrogens (tertiary/aromatic N) is 1. The Balaban J connectivity index is 1.52. The van der Waals surface area contributed by atoms with Crippen LogP contribution in [0.2, 0.25) is 0 Å². The number of rotatable bonds is 8. The zero-order valence-corrected chi connectivity index (χ0v) is 19.0. The van der Waals surface area contributed by atoms with Gasteiger partial charge in [-0.05, 0) is 38.1 Å². The molecule has 0 aliphatic carbocycles. The lowest BCUT2D eigenvalue weighted by atomic mass is 10.1. The van der Waals surface area contributed by atoms with Crippen molar-refractivity contribution in [3.05, 3.63) is 71.1 Å². The molecular formula is C23H21N3O4S2. The van der Waals surface area contributed by atoms with Crippen LogP contribution in [0.5, 0.6) is 0 Å². The van der Waals surface area contributed by atoms with Gasteiger partial charge in [-0.1, -0.05) is 30.3 Å². The van der Waals surface area contributed by atoms with Gasteiger partial charge in [0.25, 0.3) is 0 Å². The van der Waals surface area contributed by atoms with E-state index >= 15 is 0 Å². The molecule has 3 rings (SSSR count). The quantitative estimate of drug-likeness (QED) is 0.324. The normalized spacial score (nSPS) is 11.1. The molecule has 2 amide bonds. The number of benzene rings is 2. The summed E-state index contributed by atoms with van der Waals surface area (Å²) < 4.78 is 0. The first-order valence-corrected chi connectivity index (χ1v) is 11.4. The summed E-state index contributed by atoms with van der Waals surface area (Å²) in [4.78, 5) is 41.3. The molecule has 164 valence electrons. The van der Waals surface area contributed by atoms with Gasteiger partial charge in [0.15, 0.2) is 5.13 Å². The topological polar surface area (TPSA) is 108 Å². The van der Waals surface area contributed by atoms with Crippen LogP contribution in [0, 0.1) is 6.92 Å². The third-order valence-corrected chi connectivity index (χ3v) is 6.17. The summed E-state index contributed by atoms with van der Waals surface area (Å²) >= 11 is 2.80. The molecule has 0 aliphatic heterocycles. The molecule has 0 radical (unpaired) electrons. The van der Waals surface area contributed by atoms with Crippen LogP contribution in [-0.4, -0.2) is 33.6 Å². The van der Waals surface area contributed by atoms with E-state index in [1.54, 1.807) is 24.3 Å². The van der Waals surface area contributed by atoms with E-state index in [1.165, 1.54) is 30.0 Å². The highest BCUT2D eigenvalue weighted by Gasteiger charge is 2.12. The van der Waals surface area contributed by atoms with Crippen LogP contribution in [0.4, 0.5) is 10.8 Å². The maximum atomic E-state index is 12.3. The fourth-order valence-corrected chi connectivity index (χ4v) is 4.24. The molecule has 1 heterocycles. The van der Waals surface area contributed by atoms with Crippen molar-refractivity contribution in [1.82, 2.24) is 4.98 Å².